The zero-order valence-electron chi connectivity index (χ0n) is 14.3. The van der Waals surface area contributed by atoms with Crippen LogP contribution in [0.3, 0.4) is 0 Å². The number of para-hydroxylation sites is 1. The Balaban J connectivity index is 1.32. The minimum absolute atomic E-state index is 0.0337. The van der Waals surface area contributed by atoms with Crippen LogP contribution in [0.5, 0.6) is 0 Å². The highest BCUT2D eigenvalue weighted by molar-refractivity contribution is 5.82. The average molecular weight is 328 g/mol. The maximum Gasteiger partial charge on any atom is 0.239 e. The molecule has 5 heteroatoms. The fraction of sp³-hybridized carbons (Fsp3) is 0.632. The normalized spacial score (nSPS) is 26.8. The van der Waals surface area contributed by atoms with Gasteiger partial charge in [0.2, 0.25) is 5.91 Å². The summed E-state index contributed by atoms with van der Waals surface area (Å²) in [4.78, 5) is 17.3. The highest BCUT2D eigenvalue weighted by Crippen LogP contribution is 2.37. The third kappa shape index (κ3) is 3.15. The van der Waals surface area contributed by atoms with Gasteiger partial charge in [-0.25, -0.2) is 0 Å². The molecule has 24 heavy (non-hydrogen) atoms. The van der Waals surface area contributed by atoms with Crippen LogP contribution in [0.4, 0.5) is 5.69 Å². The number of rotatable bonds is 2. The summed E-state index contributed by atoms with van der Waals surface area (Å²) in [7, 11) is 0. The third-order valence-corrected chi connectivity index (χ3v) is 6.04. The van der Waals surface area contributed by atoms with Crippen LogP contribution >= 0.6 is 0 Å². The first-order valence-corrected chi connectivity index (χ1v) is 9.29. The van der Waals surface area contributed by atoms with Gasteiger partial charge in [0.05, 0.1) is 6.04 Å². The van der Waals surface area contributed by atoms with E-state index < -0.39 is 0 Å². The zero-order valence-corrected chi connectivity index (χ0v) is 14.3. The Kier molecular flexibility index (Phi) is 4.46. The zero-order chi connectivity index (χ0) is 16.4. The van der Waals surface area contributed by atoms with Crippen molar-refractivity contribution in [3.63, 3.8) is 0 Å². The summed E-state index contributed by atoms with van der Waals surface area (Å²) >= 11 is 0. The van der Waals surface area contributed by atoms with Crippen molar-refractivity contribution in [2.75, 3.05) is 50.7 Å². The molecule has 1 atom stereocenters. The highest BCUT2D eigenvalue weighted by atomic mass is 16.2. The summed E-state index contributed by atoms with van der Waals surface area (Å²) in [5.74, 6) is 0.318. The highest BCUT2D eigenvalue weighted by Gasteiger charge is 2.43. The van der Waals surface area contributed by atoms with Gasteiger partial charge in [0.15, 0.2) is 0 Å². The molecule has 1 aromatic rings. The fourth-order valence-corrected chi connectivity index (χ4v) is 4.47. The summed E-state index contributed by atoms with van der Waals surface area (Å²) in [5.41, 5.74) is 1.62. The van der Waals surface area contributed by atoms with Crippen molar-refractivity contribution in [3.05, 3.63) is 30.3 Å². The largest absolute Gasteiger partial charge is 0.368 e. The molecule has 1 aromatic carbocycles. The van der Waals surface area contributed by atoms with Crippen LogP contribution in [0, 0.1) is 5.41 Å². The Morgan fingerprint density at radius 1 is 1.04 bits per heavy atom. The van der Waals surface area contributed by atoms with Gasteiger partial charge < -0.3 is 20.4 Å². The number of nitrogens with zero attached hydrogens (tertiary/aromatic N) is 2. The van der Waals surface area contributed by atoms with Crippen LogP contribution in [-0.4, -0.2) is 62.7 Å². The molecule has 0 aliphatic carbocycles. The third-order valence-electron chi connectivity index (χ3n) is 6.04. The molecule has 3 fully saturated rings. The van der Waals surface area contributed by atoms with E-state index in [2.05, 4.69) is 44.7 Å². The SMILES string of the molecule is O=C(C1CC2(CCNCC2)CN1)N1CCN(c2ccccc2)CC1. The molecule has 130 valence electrons. The topological polar surface area (TPSA) is 47.6 Å². The quantitative estimate of drug-likeness (QED) is 0.852. The molecule has 3 aliphatic rings. The molecular formula is C19H28N4O. The van der Waals surface area contributed by atoms with Gasteiger partial charge in [-0.15, -0.1) is 0 Å². The van der Waals surface area contributed by atoms with E-state index in [1.54, 1.807) is 0 Å². The number of amides is 1. The molecule has 5 nitrogen and oxygen atoms in total. The summed E-state index contributed by atoms with van der Waals surface area (Å²) in [6.45, 7) is 6.72. The number of hydrogen-bond acceptors (Lipinski definition) is 4. The van der Waals surface area contributed by atoms with E-state index in [0.717, 1.165) is 52.2 Å². The maximum absolute atomic E-state index is 12.9. The van der Waals surface area contributed by atoms with E-state index in [1.165, 1.54) is 18.5 Å². The standard InChI is InChI=1S/C19H28N4O/c24-18(17-14-19(15-21-17)6-8-20-9-7-19)23-12-10-22(11-13-23)16-4-2-1-3-5-16/h1-5,17,20-21H,6-15H2. The Bertz CT molecular complexity index is 562. The number of anilines is 1. The van der Waals surface area contributed by atoms with Crippen molar-refractivity contribution in [2.24, 2.45) is 5.41 Å². The van der Waals surface area contributed by atoms with E-state index in [0.29, 0.717) is 11.3 Å². The molecule has 3 heterocycles. The van der Waals surface area contributed by atoms with Crippen LogP contribution < -0.4 is 15.5 Å². The second-order valence-electron chi connectivity index (χ2n) is 7.54. The monoisotopic (exact) mass is 328 g/mol. The number of piperazine rings is 1. The first-order chi connectivity index (χ1) is 11.8. The molecular weight excluding hydrogens is 300 g/mol. The van der Waals surface area contributed by atoms with E-state index in [1.807, 2.05) is 6.07 Å². The van der Waals surface area contributed by atoms with E-state index >= 15 is 0 Å². The first-order valence-electron chi connectivity index (χ1n) is 9.29. The van der Waals surface area contributed by atoms with Gasteiger partial charge in [-0.3, -0.25) is 4.79 Å². The van der Waals surface area contributed by atoms with Crippen LogP contribution in [0.15, 0.2) is 30.3 Å². The molecule has 0 saturated carbocycles. The van der Waals surface area contributed by atoms with Crippen LogP contribution in [0.2, 0.25) is 0 Å². The Labute approximate surface area is 144 Å². The number of carbonyl (C=O) groups is 1. The van der Waals surface area contributed by atoms with Crippen molar-refractivity contribution in [1.82, 2.24) is 15.5 Å². The van der Waals surface area contributed by atoms with Crippen LogP contribution in [0.1, 0.15) is 19.3 Å². The van der Waals surface area contributed by atoms with Crippen LogP contribution in [0.25, 0.3) is 0 Å². The molecule has 1 unspecified atom stereocenters. The van der Waals surface area contributed by atoms with E-state index in [9.17, 15) is 4.79 Å². The number of benzene rings is 1. The summed E-state index contributed by atoms with van der Waals surface area (Å²) in [6.07, 6.45) is 3.42. The fourth-order valence-electron chi connectivity index (χ4n) is 4.47. The number of piperidine rings is 1. The minimum Gasteiger partial charge on any atom is -0.368 e. The van der Waals surface area contributed by atoms with Crippen molar-refractivity contribution in [2.45, 2.75) is 25.3 Å². The Hall–Kier alpha value is -1.59. The number of nitrogens with one attached hydrogen (secondary N) is 2. The van der Waals surface area contributed by atoms with Crippen molar-refractivity contribution < 1.29 is 4.79 Å². The molecule has 1 spiro atoms. The van der Waals surface area contributed by atoms with Gasteiger partial charge in [0, 0.05) is 38.4 Å². The number of hydrogen-bond donors (Lipinski definition) is 2. The lowest BCUT2D eigenvalue weighted by atomic mass is 9.77. The predicted octanol–water partition coefficient (Wildman–Crippen LogP) is 1.07. The molecule has 3 saturated heterocycles. The molecule has 3 aliphatic heterocycles. The molecule has 0 aromatic heterocycles. The number of carbonyl (C=O) groups excluding carboxylic acids is 1. The molecule has 2 N–H and O–H groups in total. The van der Waals surface area contributed by atoms with Crippen molar-refractivity contribution >= 4 is 11.6 Å². The Morgan fingerprint density at radius 3 is 2.46 bits per heavy atom. The first kappa shape index (κ1) is 15.9. The van der Waals surface area contributed by atoms with Gasteiger partial charge in [-0.2, -0.15) is 0 Å². The summed E-state index contributed by atoms with van der Waals surface area (Å²) in [5, 5.41) is 6.96. The lowest BCUT2D eigenvalue weighted by molar-refractivity contribution is -0.133. The van der Waals surface area contributed by atoms with Gasteiger partial charge in [-0.05, 0) is 49.9 Å². The second-order valence-corrected chi connectivity index (χ2v) is 7.54. The Morgan fingerprint density at radius 2 is 1.75 bits per heavy atom. The smallest absolute Gasteiger partial charge is 0.239 e. The molecule has 4 rings (SSSR count). The predicted molar refractivity (Wildman–Crippen MR) is 96.2 cm³/mol. The average Bonchev–Trinajstić information content (AvgIpc) is 3.06. The molecule has 0 bridgehead atoms. The van der Waals surface area contributed by atoms with Gasteiger partial charge in [0.1, 0.15) is 0 Å². The summed E-state index contributed by atoms with van der Waals surface area (Å²) in [6, 6.07) is 10.5. The molecule has 1 amide bonds. The molecule has 0 radical (unpaired) electrons. The van der Waals surface area contributed by atoms with Gasteiger partial charge in [-0.1, -0.05) is 18.2 Å². The summed E-state index contributed by atoms with van der Waals surface area (Å²) < 4.78 is 0. The maximum atomic E-state index is 12.9. The van der Waals surface area contributed by atoms with Crippen LogP contribution in [-0.2, 0) is 4.79 Å². The van der Waals surface area contributed by atoms with Gasteiger partial charge >= 0.3 is 0 Å². The van der Waals surface area contributed by atoms with E-state index in [4.69, 9.17) is 0 Å². The lowest BCUT2D eigenvalue weighted by Crippen LogP contribution is -2.53. The minimum atomic E-state index is 0.0337. The second kappa shape index (κ2) is 6.73. The van der Waals surface area contributed by atoms with Crippen molar-refractivity contribution in [3.8, 4) is 0 Å². The van der Waals surface area contributed by atoms with Gasteiger partial charge in [0.25, 0.3) is 0 Å². The lowest BCUT2D eigenvalue weighted by Gasteiger charge is -2.37. The van der Waals surface area contributed by atoms with Crippen molar-refractivity contribution in [1.29, 1.82) is 0 Å². The van der Waals surface area contributed by atoms with E-state index in [-0.39, 0.29) is 6.04 Å².